The first-order chi connectivity index (χ1) is 12.8. The van der Waals surface area contributed by atoms with Crippen molar-refractivity contribution in [1.29, 1.82) is 0 Å². The molecule has 0 aliphatic rings. The Morgan fingerprint density at radius 1 is 0.963 bits per heavy atom. The minimum Gasteiger partial charge on any atom is -0.354 e. The van der Waals surface area contributed by atoms with Crippen molar-refractivity contribution >= 4 is 17.5 Å². The highest BCUT2D eigenvalue weighted by Gasteiger charge is 2.38. The number of hydrogen-bond donors (Lipinski definition) is 3. The second-order valence-corrected chi connectivity index (χ2v) is 5.99. The molecule has 0 heterocycles. The summed E-state index contributed by atoms with van der Waals surface area (Å²) < 4.78 is 36.6. The van der Waals surface area contributed by atoms with E-state index in [-0.39, 0.29) is 11.6 Å². The first kappa shape index (κ1) is 20.4. The van der Waals surface area contributed by atoms with Gasteiger partial charge in [-0.1, -0.05) is 42.5 Å². The highest BCUT2D eigenvalue weighted by atomic mass is 19.4. The molecule has 1 atom stereocenters. The average molecular weight is 379 g/mol. The molecule has 0 radical (unpaired) electrons. The van der Waals surface area contributed by atoms with Gasteiger partial charge in [0, 0.05) is 12.2 Å². The molecule has 8 heteroatoms. The predicted molar refractivity (Wildman–Crippen MR) is 96.0 cm³/mol. The highest BCUT2D eigenvalue weighted by molar-refractivity contribution is 5.94. The van der Waals surface area contributed by atoms with Gasteiger partial charge < -0.3 is 16.4 Å². The third kappa shape index (κ3) is 6.74. The molecule has 0 aliphatic carbocycles. The summed E-state index contributed by atoms with van der Waals surface area (Å²) in [5, 5.41) is 4.51. The number of amides is 2. The lowest BCUT2D eigenvalue weighted by atomic mass is 10.1. The van der Waals surface area contributed by atoms with Gasteiger partial charge in [-0.2, -0.15) is 13.2 Å². The Morgan fingerprint density at radius 3 is 2.19 bits per heavy atom. The summed E-state index contributed by atoms with van der Waals surface area (Å²) in [4.78, 5) is 22.9. The van der Waals surface area contributed by atoms with Crippen LogP contribution in [0.25, 0.3) is 0 Å². The number of anilines is 1. The topological polar surface area (TPSA) is 84.2 Å². The van der Waals surface area contributed by atoms with E-state index in [1.54, 1.807) is 17.4 Å². The molecule has 0 saturated carbocycles. The third-order valence-corrected chi connectivity index (χ3v) is 3.82. The zero-order chi connectivity index (χ0) is 19.9. The van der Waals surface area contributed by atoms with Crippen LogP contribution >= 0.6 is 0 Å². The van der Waals surface area contributed by atoms with Crippen LogP contribution in [0.15, 0.2) is 54.6 Å². The second-order valence-electron chi connectivity index (χ2n) is 5.99. The molecule has 0 unspecified atom stereocenters. The van der Waals surface area contributed by atoms with Gasteiger partial charge in [0.2, 0.25) is 5.91 Å². The van der Waals surface area contributed by atoms with E-state index < -0.39 is 18.1 Å². The standard InChI is InChI=1S/C19H20F3N3O2/c20-19(21,22)18(27)25-15-8-6-13(7-9-15)10-11-24-17(26)16(23)12-14-4-2-1-3-5-14/h1-9,16H,10-12,23H2,(H,24,26)(H,25,27)/t16-/m0/s1. The van der Waals surface area contributed by atoms with Crippen LogP contribution in [0.4, 0.5) is 18.9 Å². The molecule has 0 aromatic heterocycles. The van der Waals surface area contributed by atoms with Crippen molar-refractivity contribution in [3.05, 3.63) is 65.7 Å². The van der Waals surface area contributed by atoms with Gasteiger partial charge in [-0.3, -0.25) is 9.59 Å². The van der Waals surface area contributed by atoms with E-state index in [0.717, 1.165) is 11.1 Å². The molecular weight excluding hydrogens is 359 g/mol. The van der Waals surface area contributed by atoms with Crippen molar-refractivity contribution in [3.8, 4) is 0 Å². The van der Waals surface area contributed by atoms with E-state index in [2.05, 4.69) is 5.32 Å². The molecule has 144 valence electrons. The number of hydrogen-bond acceptors (Lipinski definition) is 3. The van der Waals surface area contributed by atoms with Crippen molar-refractivity contribution in [1.82, 2.24) is 5.32 Å². The van der Waals surface area contributed by atoms with Gasteiger partial charge in [0.25, 0.3) is 0 Å². The average Bonchev–Trinajstić information content (AvgIpc) is 2.63. The molecule has 2 rings (SSSR count). The number of nitrogens with two attached hydrogens (primary N) is 1. The second kappa shape index (κ2) is 9.18. The van der Waals surface area contributed by atoms with E-state index in [9.17, 15) is 22.8 Å². The van der Waals surface area contributed by atoms with Crippen LogP contribution in [-0.2, 0) is 22.4 Å². The lowest BCUT2D eigenvalue weighted by Crippen LogP contribution is -2.42. The normalized spacial score (nSPS) is 12.3. The molecule has 2 aromatic carbocycles. The molecular formula is C19H20F3N3O2. The number of alkyl halides is 3. The van der Waals surface area contributed by atoms with Crippen molar-refractivity contribution < 1.29 is 22.8 Å². The van der Waals surface area contributed by atoms with Gasteiger partial charge in [0.05, 0.1) is 6.04 Å². The van der Waals surface area contributed by atoms with Crippen LogP contribution in [0.3, 0.4) is 0 Å². The SMILES string of the molecule is N[C@@H](Cc1ccccc1)C(=O)NCCc1ccc(NC(=O)C(F)(F)F)cc1. The monoisotopic (exact) mass is 379 g/mol. The Morgan fingerprint density at radius 2 is 1.59 bits per heavy atom. The molecule has 0 spiro atoms. The zero-order valence-electron chi connectivity index (χ0n) is 14.4. The lowest BCUT2D eigenvalue weighted by Gasteiger charge is -2.12. The van der Waals surface area contributed by atoms with Crippen LogP contribution in [0, 0.1) is 0 Å². The van der Waals surface area contributed by atoms with Crippen molar-refractivity contribution in [2.24, 2.45) is 5.73 Å². The van der Waals surface area contributed by atoms with Crippen molar-refractivity contribution in [2.45, 2.75) is 25.1 Å². The highest BCUT2D eigenvalue weighted by Crippen LogP contribution is 2.18. The van der Waals surface area contributed by atoms with E-state index in [1.807, 2.05) is 30.3 Å². The Kier molecular flexibility index (Phi) is 6.95. The van der Waals surface area contributed by atoms with Gasteiger partial charge in [-0.05, 0) is 36.1 Å². The van der Waals surface area contributed by atoms with Crippen LogP contribution in [0.5, 0.6) is 0 Å². The van der Waals surface area contributed by atoms with Gasteiger partial charge in [0.1, 0.15) is 0 Å². The maximum atomic E-state index is 12.2. The fourth-order valence-corrected chi connectivity index (χ4v) is 2.38. The summed E-state index contributed by atoms with van der Waals surface area (Å²) >= 11 is 0. The third-order valence-electron chi connectivity index (χ3n) is 3.82. The lowest BCUT2D eigenvalue weighted by molar-refractivity contribution is -0.167. The molecule has 0 saturated heterocycles. The van der Waals surface area contributed by atoms with E-state index in [4.69, 9.17) is 5.73 Å². The van der Waals surface area contributed by atoms with Gasteiger partial charge >= 0.3 is 12.1 Å². The smallest absolute Gasteiger partial charge is 0.354 e. The van der Waals surface area contributed by atoms with Gasteiger partial charge in [0.15, 0.2) is 0 Å². The van der Waals surface area contributed by atoms with Crippen LogP contribution in [0.1, 0.15) is 11.1 Å². The number of carbonyl (C=O) groups is 2. The Hall–Kier alpha value is -2.87. The number of halogens is 3. The minimum atomic E-state index is -4.93. The Bertz CT molecular complexity index is 762. The summed E-state index contributed by atoms with van der Waals surface area (Å²) in [5.74, 6) is -2.29. The van der Waals surface area contributed by atoms with E-state index in [0.29, 0.717) is 19.4 Å². The number of rotatable bonds is 7. The van der Waals surface area contributed by atoms with Gasteiger partial charge in [-0.25, -0.2) is 0 Å². The summed E-state index contributed by atoms with van der Waals surface area (Å²) in [7, 11) is 0. The van der Waals surface area contributed by atoms with E-state index >= 15 is 0 Å². The van der Waals surface area contributed by atoms with Gasteiger partial charge in [-0.15, -0.1) is 0 Å². The summed E-state index contributed by atoms with van der Waals surface area (Å²) in [6.45, 7) is 0.343. The molecule has 0 aliphatic heterocycles. The Labute approximate surface area is 154 Å². The van der Waals surface area contributed by atoms with Crippen molar-refractivity contribution in [3.63, 3.8) is 0 Å². The summed E-state index contributed by atoms with van der Waals surface area (Å²) in [6, 6.07) is 14.7. The summed E-state index contributed by atoms with van der Waals surface area (Å²) in [6.07, 6.45) is -4.01. The molecule has 0 bridgehead atoms. The van der Waals surface area contributed by atoms with E-state index in [1.165, 1.54) is 12.1 Å². The molecule has 2 aromatic rings. The fourth-order valence-electron chi connectivity index (χ4n) is 2.38. The molecule has 0 fully saturated rings. The molecule has 5 nitrogen and oxygen atoms in total. The first-order valence-corrected chi connectivity index (χ1v) is 8.30. The number of benzene rings is 2. The Balaban J connectivity index is 1.76. The zero-order valence-corrected chi connectivity index (χ0v) is 14.4. The maximum absolute atomic E-state index is 12.2. The molecule has 4 N–H and O–H groups in total. The first-order valence-electron chi connectivity index (χ1n) is 8.30. The van der Waals surface area contributed by atoms with Crippen LogP contribution in [0.2, 0.25) is 0 Å². The molecule has 27 heavy (non-hydrogen) atoms. The largest absolute Gasteiger partial charge is 0.471 e. The predicted octanol–water partition coefficient (Wildman–Crippen LogP) is 2.42. The van der Waals surface area contributed by atoms with Crippen LogP contribution < -0.4 is 16.4 Å². The fraction of sp³-hybridized carbons (Fsp3) is 0.263. The van der Waals surface area contributed by atoms with Crippen LogP contribution in [-0.4, -0.2) is 30.6 Å². The number of nitrogens with one attached hydrogen (secondary N) is 2. The number of carbonyl (C=O) groups excluding carboxylic acids is 2. The summed E-state index contributed by atoms with van der Waals surface area (Å²) in [5.41, 5.74) is 7.71. The maximum Gasteiger partial charge on any atom is 0.471 e. The molecule has 2 amide bonds. The minimum absolute atomic E-state index is 0.0509. The van der Waals surface area contributed by atoms with Crippen molar-refractivity contribution in [2.75, 3.05) is 11.9 Å². The quantitative estimate of drug-likeness (QED) is 0.691.